The summed E-state index contributed by atoms with van der Waals surface area (Å²) in [5.74, 6) is -2.10. The number of carboxylic acids is 1. The number of nitrogens with zero attached hydrogens (tertiary/aromatic N) is 1. The van der Waals surface area contributed by atoms with Gasteiger partial charge in [-0.25, -0.2) is 0 Å². The highest BCUT2D eigenvalue weighted by molar-refractivity contribution is 7.08. The Kier molecular flexibility index (Phi) is 2.24. The molecule has 56 valence electrons. The van der Waals surface area contributed by atoms with Crippen molar-refractivity contribution in [3.8, 4) is 6.07 Å². The van der Waals surface area contributed by atoms with Gasteiger partial charge in [0.25, 0.3) is 0 Å². The molecule has 0 bridgehead atoms. The van der Waals surface area contributed by atoms with Crippen LogP contribution in [-0.2, 0) is 4.79 Å². The number of nitriles is 1. The molecule has 0 aliphatic carbocycles. The molecule has 3 nitrogen and oxygen atoms in total. The first-order chi connectivity index (χ1) is 5.25. The predicted octanol–water partition coefficient (Wildman–Crippen LogP) is 1.44. The van der Waals surface area contributed by atoms with E-state index in [1.54, 1.807) is 22.9 Å². The molecule has 1 atom stereocenters. The Hall–Kier alpha value is -1.34. The van der Waals surface area contributed by atoms with Crippen molar-refractivity contribution in [2.45, 2.75) is 5.92 Å². The van der Waals surface area contributed by atoms with Gasteiger partial charge >= 0.3 is 5.97 Å². The van der Waals surface area contributed by atoms with Crippen LogP contribution in [-0.4, -0.2) is 11.1 Å². The lowest BCUT2D eigenvalue weighted by molar-refractivity contribution is -0.137. The zero-order valence-electron chi connectivity index (χ0n) is 5.52. The minimum absolute atomic E-state index is 0.560. The number of carboxylic acid groups (broad SMARTS) is 1. The molecule has 4 heteroatoms. The van der Waals surface area contributed by atoms with Gasteiger partial charge in [0.05, 0.1) is 6.07 Å². The molecule has 0 radical (unpaired) electrons. The van der Waals surface area contributed by atoms with Gasteiger partial charge in [-0.1, -0.05) is 0 Å². The molecule has 1 aromatic heterocycles. The van der Waals surface area contributed by atoms with Crippen molar-refractivity contribution in [2.75, 3.05) is 0 Å². The van der Waals surface area contributed by atoms with Crippen molar-refractivity contribution < 1.29 is 9.90 Å². The van der Waals surface area contributed by atoms with E-state index >= 15 is 0 Å². The summed E-state index contributed by atoms with van der Waals surface area (Å²) in [7, 11) is 0. The summed E-state index contributed by atoms with van der Waals surface area (Å²) < 4.78 is 0. The van der Waals surface area contributed by atoms with Gasteiger partial charge in [-0.3, -0.25) is 4.79 Å². The number of rotatable bonds is 2. The van der Waals surface area contributed by atoms with Gasteiger partial charge in [-0.2, -0.15) is 16.6 Å². The summed E-state index contributed by atoms with van der Waals surface area (Å²) in [5.41, 5.74) is 0.560. The Labute approximate surface area is 67.5 Å². The fourth-order valence-corrected chi connectivity index (χ4v) is 1.40. The molecule has 0 aliphatic rings. The highest BCUT2D eigenvalue weighted by Gasteiger charge is 2.18. The summed E-state index contributed by atoms with van der Waals surface area (Å²) in [5, 5.41) is 20.4. The molecule has 0 amide bonds. The van der Waals surface area contributed by atoms with Gasteiger partial charge in [0.15, 0.2) is 5.92 Å². The largest absolute Gasteiger partial charge is 0.480 e. The summed E-state index contributed by atoms with van der Waals surface area (Å²) >= 11 is 1.39. The van der Waals surface area contributed by atoms with Gasteiger partial charge in [0.1, 0.15) is 0 Å². The molecule has 0 spiro atoms. The third kappa shape index (κ3) is 1.57. The van der Waals surface area contributed by atoms with Crippen LogP contribution in [0.1, 0.15) is 11.5 Å². The number of hydrogen-bond acceptors (Lipinski definition) is 3. The van der Waals surface area contributed by atoms with Crippen LogP contribution in [0, 0.1) is 11.3 Å². The minimum Gasteiger partial charge on any atom is -0.480 e. The van der Waals surface area contributed by atoms with Crippen LogP contribution in [0.3, 0.4) is 0 Å². The SMILES string of the molecule is N#CC(C(=O)O)c1ccsc1. The zero-order chi connectivity index (χ0) is 8.27. The Balaban J connectivity index is 2.91. The first-order valence-corrected chi connectivity index (χ1v) is 3.84. The van der Waals surface area contributed by atoms with Crippen LogP contribution in [0.5, 0.6) is 0 Å². The molecular weight excluding hydrogens is 162 g/mol. The van der Waals surface area contributed by atoms with Gasteiger partial charge in [0.2, 0.25) is 0 Å². The fourth-order valence-electron chi connectivity index (χ4n) is 0.712. The molecule has 1 N–H and O–H groups in total. The van der Waals surface area contributed by atoms with E-state index in [0.29, 0.717) is 5.56 Å². The lowest BCUT2D eigenvalue weighted by Crippen LogP contribution is -2.07. The molecule has 1 aromatic rings. The molecule has 0 saturated heterocycles. The van der Waals surface area contributed by atoms with Gasteiger partial charge in [-0.05, 0) is 22.4 Å². The molecule has 0 fully saturated rings. The zero-order valence-corrected chi connectivity index (χ0v) is 6.34. The maximum Gasteiger partial charge on any atom is 0.325 e. The van der Waals surface area contributed by atoms with Crippen molar-refractivity contribution in [2.24, 2.45) is 0 Å². The van der Waals surface area contributed by atoms with E-state index in [2.05, 4.69) is 0 Å². The maximum atomic E-state index is 10.4. The second-order valence-corrected chi connectivity index (χ2v) is 2.74. The second kappa shape index (κ2) is 3.17. The minimum atomic E-state index is -1.09. The lowest BCUT2D eigenvalue weighted by atomic mass is 10.1. The van der Waals surface area contributed by atoms with Crippen molar-refractivity contribution in [3.63, 3.8) is 0 Å². The smallest absolute Gasteiger partial charge is 0.325 e. The monoisotopic (exact) mass is 167 g/mol. The van der Waals surface area contributed by atoms with E-state index < -0.39 is 11.9 Å². The molecule has 1 heterocycles. The predicted molar refractivity (Wildman–Crippen MR) is 40.3 cm³/mol. The standard InChI is InChI=1S/C7H5NO2S/c8-3-6(7(9)10)5-1-2-11-4-5/h1-2,4,6H,(H,9,10). The molecular formula is C7H5NO2S. The Morgan fingerprint density at radius 3 is 2.91 bits per heavy atom. The second-order valence-electron chi connectivity index (χ2n) is 1.96. The summed E-state index contributed by atoms with van der Waals surface area (Å²) in [4.78, 5) is 10.4. The third-order valence-electron chi connectivity index (χ3n) is 1.25. The van der Waals surface area contributed by atoms with Crippen LogP contribution < -0.4 is 0 Å². The molecule has 0 aromatic carbocycles. The van der Waals surface area contributed by atoms with E-state index in [0.717, 1.165) is 0 Å². The van der Waals surface area contributed by atoms with Crippen molar-refractivity contribution >= 4 is 17.3 Å². The Bertz CT molecular complexity index is 286. The van der Waals surface area contributed by atoms with E-state index in [9.17, 15) is 4.79 Å². The average molecular weight is 167 g/mol. The number of aliphatic carboxylic acids is 1. The van der Waals surface area contributed by atoms with Crippen molar-refractivity contribution in [3.05, 3.63) is 22.4 Å². The summed E-state index contributed by atoms with van der Waals surface area (Å²) in [6.45, 7) is 0. The topological polar surface area (TPSA) is 61.1 Å². The first kappa shape index (κ1) is 7.76. The number of thiophene rings is 1. The molecule has 0 aliphatic heterocycles. The lowest BCUT2D eigenvalue weighted by Gasteiger charge is -1.97. The van der Waals surface area contributed by atoms with Gasteiger partial charge < -0.3 is 5.11 Å². The molecule has 1 unspecified atom stereocenters. The van der Waals surface area contributed by atoms with E-state index in [1.165, 1.54) is 11.3 Å². The third-order valence-corrected chi connectivity index (χ3v) is 1.95. The van der Waals surface area contributed by atoms with E-state index in [4.69, 9.17) is 10.4 Å². The van der Waals surface area contributed by atoms with Gasteiger partial charge in [-0.15, -0.1) is 0 Å². The van der Waals surface area contributed by atoms with Crippen molar-refractivity contribution in [1.29, 1.82) is 5.26 Å². The number of carbonyl (C=O) groups is 1. The van der Waals surface area contributed by atoms with E-state index in [-0.39, 0.29) is 0 Å². The van der Waals surface area contributed by atoms with E-state index in [1.807, 2.05) is 0 Å². The van der Waals surface area contributed by atoms with Crippen LogP contribution in [0.4, 0.5) is 0 Å². The Morgan fingerprint density at radius 1 is 1.82 bits per heavy atom. The normalized spacial score (nSPS) is 11.9. The van der Waals surface area contributed by atoms with Crippen LogP contribution >= 0.6 is 11.3 Å². The van der Waals surface area contributed by atoms with Gasteiger partial charge in [0, 0.05) is 0 Å². The highest BCUT2D eigenvalue weighted by atomic mass is 32.1. The van der Waals surface area contributed by atoms with Crippen LogP contribution in [0.25, 0.3) is 0 Å². The highest BCUT2D eigenvalue weighted by Crippen LogP contribution is 2.17. The average Bonchev–Trinajstić information content (AvgIpc) is 2.40. The summed E-state index contributed by atoms with van der Waals surface area (Å²) in [6, 6.07) is 3.36. The first-order valence-electron chi connectivity index (χ1n) is 2.90. The molecule has 11 heavy (non-hydrogen) atoms. The number of hydrogen-bond donors (Lipinski definition) is 1. The maximum absolute atomic E-state index is 10.4. The molecule has 0 saturated carbocycles. The van der Waals surface area contributed by atoms with Crippen molar-refractivity contribution in [1.82, 2.24) is 0 Å². The summed E-state index contributed by atoms with van der Waals surface area (Å²) in [6.07, 6.45) is 0. The van der Waals surface area contributed by atoms with Crippen LogP contribution in [0.2, 0.25) is 0 Å². The Morgan fingerprint density at radius 2 is 2.55 bits per heavy atom. The quantitative estimate of drug-likeness (QED) is 0.724. The van der Waals surface area contributed by atoms with Crippen LogP contribution in [0.15, 0.2) is 16.8 Å². The fraction of sp³-hybridized carbons (Fsp3) is 0.143. The molecule has 1 rings (SSSR count).